The van der Waals surface area contributed by atoms with E-state index in [0.717, 1.165) is 31.4 Å². The molecule has 2 amide bonds. The summed E-state index contributed by atoms with van der Waals surface area (Å²) in [6.07, 6.45) is 4.22. The Morgan fingerprint density at radius 1 is 1.19 bits per heavy atom. The molecule has 0 aliphatic heterocycles. The second-order valence-electron chi connectivity index (χ2n) is 6.76. The van der Waals surface area contributed by atoms with Gasteiger partial charge in [0.2, 0.25) is 5.91 Å². The summed E-state index contributed by atoms with van der Waals surface area (Å²) in [6.45, 7) is 3.66. The van der Waals surface area contributed by atoms with Crippen LogP contribution in [0.3, 0.4) is 0 Å². The molecule has 0 saturated heterocycles. The largest absolute Gasteiger partial charge is 0.340 e. The third kappa shape index (κ3) is 4.09. The van der Waals surface area contributed by atoms with Crippen LogP contribution in [0, 0.1) is 11.7 Å². The molecular formula is C19H22FN3O2S. The number of hydrogen-bond acceptors (Lipinski definition) is 4. The molecule has 0 saturated carbocycles. The van der Waals surface area contributed by atoms with Crippen molar-refractivity contribution in [2.75, 3.05) is 5.32 Å². The molecule has 7 heteroatoms. The average molecular weight is 375 g/mol. The first-order chi connectivity index (χ1) is 12.5. The van der Waals surface area contributed by atoms with E-state index in [1.165, 1.54) is 34.4 Å². The van der Waals surface area contributed by atoms with Crippen LogP contribution in [0.2, 0.25) is 0 Å². The Labute approximate surface area is 156 Å². The first-order valence-electron chi connectivity index (χ1n) is 8.80. The molecule has 1 aromatic heterocycles. The van der Waals surface area contributed by atoms with Gasteiger partial charge in [-0.15, -0.1) is 11.3 Å². The van der Waals surface area contributed by atoms with Gasteiger partial charge < -0.3 is 10.6 Å². The van der Waals surface area contributed by atoms with Crippen molar-refractivity contribution in [1.29, 1.82) is 0 Å². The van der Waals surface area contributed by atoms with Crippen LogP contribution < -0.4 is 10.6 Å². The predicted octanol–water partition coefficient (Wildman–Crippen LogP) is 3.55. The molecule has 1 aromatic carbocycles. The summed E-state index contributed by atoms with van der Waals surface area (Å²) < 4.78 is 13.8. The summed E-state index contributed by atoms with van der Waals surface area (Å²) in [5, 5.41) is 6.02. The molecule has 5 nitrogen and oxygen atoms in total. The lowest BCUT2D eigenvalue weighted by molar-refractivity contribution is -0.118. The molecule has 1 heterocycles. The molecule has 3 rings (SSSR count). The van der Waals surface area contributed by atoms with Gasteiger partial charge in [0, 0.05) is 4.88 Å². The number of nitrogens with one attached hydrogen (secondary N) is 2. The second kappa shape index (κ2) is 7.95. The fraction of sp³-hybridized carbons (Fsp3) is 0.421. The van der Waals surface area contributed by atoms with E-state index in [2.05, 4.69) is 15.6 Å². The molecule has 1 atom stereocenters. The van der Waals surface area contributed by atoms with Crippen LogP contribution >= 0.6 is 11.3 Å². The standard InChI is InChI=1S/C19H22FN3O2S/c1-11(2)16(22-17(24)12-7-3-4-8-13(12)20)18(25)23-19-21-14-9-5-6-10-15(14)26-19/h3-4,7-8,11,16H,5-6,9-10H2,1-2H3,(H,22,24)(H,21,23,25)/t16-/m1/s1. The van der Waals surface area contributed by atoms with E-state index < -0.39 is 17.8 Å². The summed E-state index contributed by atoms with van der Waals surface area (Å²) in [5.74, 6) is -1.70. The normalized spacial score (nSPS) is 14.6. The van der Waals surface area contributed by atoms with Gasteiger partial charge in [-0.1, -0.05) is 26.0 Å². The zero-order valence-electron chi connectivity index (χ0n) is 14.8. The number of carbonyl (C=O) groups is 2. The number of amides is 2. The monoisotopic (exact) mass is 375 g/mol. The third-order valence-corrected chi connectivity index (χ3v) is 5.50. The number of halogens is 1. The van der Waals surface area contributed by atoms with E-state index in [1.54, 1.807) is 6.07 Å². The number of anilines is 1. The quantitative estimate of drug-likeness (QED) is 0.839. The van der Waals surface area contributed by atoms with Gasteiger partial charge in [0.25, 0.3) is 5.91 Å². The van der Waals surface area contributed by atoms with Crippen LogP contribution in [0.1, 0.15) is 47.6 Å². The molecule has 138 valence electrons. The van der Waals surface area contributed by atoms with Crippen LogP contribution in [0.4, 0.5) is 9.52 Å². The maximum absolute atomic E-state index is 13.8. The van der Waals surface area contributed by atoms with Crippen LogP contribution in [-0.2, 0) is 17.6 Å². The topological polar surface area (TPSA) is 71.1 Å². The Bertz CT molecular complexity index is 795. The van der Waals surface area contributed by atoms with Crippen LogP contribution in [0.15, 0.2) is 24.3 Å². The first kappa shape index (κ1) is 18.5. The van der Waals surface area contributed by atoms with Gasteiger partial charge in [-0.25, -0.2) is 9.37 Å². The summed E-state index contributed by atoms with van der Waals surface area (Å²) in [5.41, 5.74) is 0.990. The number of carbonyl (C=O) groups excluding carboxylic acids is 2. The highest BCUT2D eigenvalue weighted by atomic mass is 32.1. The number of fused-ring (bicyclic) bond motifs is 1. The van der Waals surface area contributed by atoms with E-state index in [-0.39, 0.29) is 17.4 Å². The maximum Gasteiger partial charge on any atom is 0.254 e. The number of nitrogens with zero attached hydrogens (tertiary/aromatic N) is 1. The van der Waals surface area contributed by atoms with Crippen molar-refractivity contribution < 1.29 is 14.0 Å². The summed E-state index contributed by atoms with van der Waals surface area (Å²) >= 11 is 1.49. The summed E-state index contributed by atoms with van der Waals surface area (Å²) in [6, 6.07) is 4.95. The number of hydrogen-bond donors (Lipinski definition) is 2. The molecule has 0 spiro atoms. The van der Waals surface area contributed by atoms with Crippen LogP contribution in [-0.4, -0.2) is 22.8 Å². The molecule has 1 aliphatic carbocycles. The molecule has 0 unspecified atom stereocenters. The Hall–Kier alpha value is -2.28. The van der Waals surface area contributed by atoms with Crippen molar-refractivity contribution in [3.63, 3.8) is 0 Å². The number of aryl methyl sites for hydroxylation is 2. The Morgan fingerprint density at radius 3 is 2.62 bits per heavy atom. The number of benzene rings is 1. The molecule has 1 aliphatic rings. The zero-order chi connectivity index (χ0) is 18.7. The fourth-order valence-corrected chi connectivity index (χ4v) is 4.04. The van der Waals surface area contributed by atoms with Crippen molar-refractivity contribution in [2.45, 2.75) is 45.6 Å². The van der Waals surface area contributed by atoms with Gasteiger partial charge in [0.05, 0.1) is 11.3 Å². The average Bonchev–Trinajstić information content (AvgIpc) is 3.01. The molecular weight excluding hydrogens is 353 g/mol. The number of thiazole rings is 1. The van der Waals surface area contributed by atoms with E-state index >= 15 is 0 Å². The highest BCUT2D eigenvalue weighted by Gasteiger charge is 2.27. The maximum atomic E-state index is 13.8. The third-order valence-electron chi connectivity index (χ3n) is 4.43. The van der Waals surface area contributed by atoms with Crippen LogP contribution in [0.25, 0.3) is 0 Å². The Morgan fingerprint density at radius 2 is 1.92 bits per heavy atom. The second-order valence-corrected chi connectivity index (χ2v) is 7.84. The molecule has 2 N–H and O–H groups in total. The Kier molecular flexibility index (Phi) is 5.66. The zero-order valence-corrected chi connectivity index (χ0v) is 15.7. The molecule has 0 bridgehead atoms. The van der Waals surface area contributed by atoms with E-state index in [4.69, 9.17) is 0 Å². The van der Waals surface area contributed by atoms with Gasteiger partial charge >= 0.3 is 0 Å². The summed E-state index contributed by atoms with van der Waals surface area (Å²) in [4.78, 5) is 30.7. The fourth-order valence-electron chi connectivity index (χ4n) is 2.99. The predicted molar refractivity (Wildman–Crippen MR) is 99.9 cm³/mol. The van der Waals surface area contributed by atoms with E-state index in [9.17, 15) is 14.0 Å². The van der Waals surface area contributed by atoms with Crippen molar-refractivity contribution in [1.82, 2.24) is 10.3 Å². The Balaban J connectivity index is 1.71. The van der Waals surface area contributed by atoms with Gasteiger partial charge in [0.1, 0.15) is 11.9 Å². The molecule has 26 heavy (non-hydrogen) atoms. The summed E-state index contributed by atoms with van der Waals surface area (Å²) in [7, 11) is 0. The molecule has 0 fully saturated rings. The lowest BCUT2D eigenvalue weighted by atomic mass is 10.0. The van der Waals surface area contributed by atoms with Crippen molar-refractivity contribution in [2.24, 2.45) is 5.92 Å². The van der Waals surface area contributed by atoms with Crippen molar-refractivity contribution in [3.8, 4) is 0 Å². The molecule has 2 aromatic rings. The lowest BCUT2D eigenvalue weighted by Crippen LogP contribution is -2.47. The minimum atomic E-state index is -0.775. The molecule has 0 radical (unpaired) electrons. The highest BCUT2D eigenvalue weighted by Crippen LogP contribution is 2.29. The van der Waals surface area contributed by atoms with Crippen molar-refractivity contribution >= 4 is 28.3 Å². The number of aromatic nitrogens is 1. The van der Waals surface area contributed by atoms with Gasteiger partial charge in [0.15, 0.2) is 5.13 Å². The van der Waals surface area contributed by atoms with E-state index in [1.807, 2.05) is 13.8 Å². The minimum absolute atomic E-state index is 0.0735. The minimum Gasteiger partial charge on any atom is -0.340 e. The van der Waals surface area contributed by atoms with E-state index in [0.29, 0.717) is 5.13 Å². The van der Waals surface area contributed by atoms with Gasteiger partial charge in [-0.3, -0.25) is 9.59 Å². The van der Waals surface area contributed by atoms with Gasteiger partial charge in [-0.05, 0) is 43.7 Å². The number of rotatable bonds is 5. The smallest absolute Gasteiger partial charge is 0.254 e. The van der Waals surface area contributed by atoms with Gasteiger partial charge in [-0.2, -0.15) is 0 Å². The SMILES string of the molecule is CC(C)[C@@H](NC(=O)c1ccccc1F)C(=O)Nc1nc2c(s1)CCCC2. The first-order valence-corrected chi connectivity index (χ1v) is 9.62. The lowest BCUT2D eigenvalue weighted by Gasteiger charge is -2.21. The van der Waals surface area contributed by atoms with Crippen molar-refractivity contribution in [3.05, 3.63) is 46.2 Å². The van der Waals surface area contributed by atoms with Crippen LogP contribution in [0.5, 0.6) is 0 Å². The highest BCUT2D eigenvalue weighted by molar-refractivity contribution is 7.15.